The highest BCUT2D eigenvalue weighted by Crippen LogP contribution is 2.29. The van der Waals surface area contributed by atoms with Crippen molar-refractivity contribution in [2.45, 2.75) is 6.10 Å². The number of aryl methyl sites for hydroxylation is 1. The Morgan fingerprint density at radius 3 is 2.83 bits per heavy atom. The second-order valence-corrected chi connectivity index (χ2v) is 5.90. The summed E-state index contributed by atoms with van der Waals surface area (Å²) in [4.78, 5) is 25.4. The zero-order valence-corrected chi connectivity index (χ0v) is 13.7. The molecule has 0 saturated carbocycles. The number of carboxylic acid groups (broad SMARTS) is 1. The van der Waals surface area contributed by atoms with Crippen LogP contribution in [0.1, 0.15) is 10.4 Å². The summed E-state index contributed by atoms with van der Waals surface area (Å²) in [5.74, 6) is -1.36. The third-order valence-corrected chi connectivity index (χ3v) is 4.15. The topological polar surface area (TPSA) is 84.7 Å². The van der Waals surface area contributed by atoms with Crippen molar-refractivity contribution < 1.29 is 19.4 Å². The van der Waals surface area contributed by atoms with Crippen molar-refractivity contribution in [1.82, 2.24) is 14.7 Å². The van der Waals surface area contributed by atoms with Gasteiger partial charge in [-0.05, 0) is 6.07 Å². The first-order valence-electron chi connectivity index (χ1n) is 7.39. The average molecular weight is 350 g/mol. The Morgan fingerprint density at radius 2 is 2.12 bits per heavy atom. The van der Waals surface area contributed by atoms with E-state index in [2.05, 4.69) is 5.10 Å². The molecule has 8 heteroatoms. The molecule has 24 heavy (non-hydrogen) atoms. The van der Waals surface area contributed by atoms with Gasteiger partial charge in [-0.15, -0.1) is 0 Å². The molecular formula is C16H16ClN3O4. The van der Waals surface area contributed by atoms with Gasteiger partial charge in [-0.3, -0.25) is 9.48 Å². The van der Waals surface area contributed by atoms with Crippen LogP contribution in [-0.2, 0) is 16.6 Å². The number of carboxylic acids is 1. The predicted molar refractivity (Wildman–Crippen MR) is 86.9 cm³/mol. The smallest absolute Gasteiger partial charge is 0.334 e. The lowest BCUT2D eigenvalue weighted by atomic mass is 10.1. The normalized spacial score (nSPS) is 17.8. The maximum Gasteiger partial charge on any atom is 0.334 e. The molecule has 1 aromatic heterocycles. The minimum absolute atomic E-state index is 0.00498. The minimum atomic E-state index is -1.08. The zero-order valence-electron chi connectivity index (χ0n) is 13.0. The number of carbonyl (C=O) groups excluding carboxylic acids is 1. The fraction of sp³-hybridized carbons (Fsp3) is 0.312. The number of aromatic nitrogens is 2. The van der Waals surface area contributed by atoms with Crippen LogP contribution in [0.25, 0.3) is 11.3 Å². The summed E-state index contributed by atoms with van der Waals surface area (Å²) < 4.78 is 6.70. The van der Waals surface area contributed by atoms with Crippen LogP contribution in [-0.4, -0.2) is 57.5 Å². The van der Waals surface area contributed by atoms with Gasteiger partial charge in [0.2, 0.25) is 0 Å². The van der Waals surface area contributed by atoms with Crippen molar-refractivity contribution in [3.8, 4) is 11.3 Å². The van der Waals surface area contributed by atoms with E-state index in [0.29, 0.717) is 28.4 Å². The van der Waals surface area contributed by atoms with Crippen molar-refractivity contribution in [3.05, 3.63) is 41.0 Å². The standard InChI is InChI=1S/C16H16ClN3O4/c1-19-8-11(14(18-19)10-4-2-3-5-12(10)17)15(21)20-6-7-24-13(9-20)16(22)23/h2-5,8,13H,6-7,9H2,1H3,(H,22,23)/t13-/m1/s1. The highest BCUT2D eigenvalue weighted by atomic mass is 35.5. The van der Waals surface area contributed by atoms with E-state index in [1.165, 1.54) is 4.90 Å². The molecule has 1 atom stereocenters. The molecule has 1 saturated heterocycles. The number of ether oxygens (including phenoxy) is 1. The van der Waals surface area contributed by atoms with Gasteiger partial charge in [0.25, 0.3) is 5.91 Å². The van der Waals surface area contributed by atoms with Gasteiger partial charge in [0.15, 0.2) is 6.10 Å². The maximum atomic E-state index is 12.9. The van der Waals surface area contributed by atoms with Crippen LogP contribution in [0, 0.1) is 0 Å². The van der Waals surface area contributed by atoms with Crippen molar-refractivity contribution in [2.24, 2.45) is 7.05 Å². The number of hydrogen-bond donors (Lipinski definition) is 1. The van der Waals surface area contributed by atoms with Crippen LogP contribution in [0.15, 0.2) is 30.5 Å². The molecule has 2 heterocycles. The molecule has 1 aliphatic rings. The van der Waals surface area contributed by atoms with Gasteiger partial charge in [-0.25, -0.2) is 4.79 Å². The molecule has 126 valence electrons. The second-order valence-electron chi connectivity index (χ2n) is 5.49. The molecule has 1 aliphatic heterocycles. The molecule has 1 amide bonds. The number of halogens is 1. The van der Waals surface area contributed by atoms with Gasteiger partial charge in [0, 0.05) is 25.4 Å². The van der Waals surface area contributed by atoms with Crippen LogP contribution in [0.4, 0.5) is 0 Å². The Balaban J connectivity index is 1.94. The summed E-state index contributed by atoms with van der Waals surface area (Å²) in [6, 6.07) is 7.14. The number of carbonyl (C=O) groups is 2. The first-order valence-corrected chi connectivity index (χ1v) is 7.77. The molecule has 0 bridgehead atoms. The van der Waals surface area contributed by atoms with Gasteiger partial charge >= 0.3 is 5.97 Å². The van der Waals surface area contributed by atoms with Crippen LogP contribution < -0.4 is 0 Å². The van der Waals surface area contributed by atoms with E-state index in [1.54, 1.807) is 36.1 Å². The van der Waals surface area contributed by atoms with Gasteiger partial charge in [0.1, 0.15) is 5.69 Å². The van der Waals surface area contributed by atoms with E-state index < -0.39 is 12.1 Å². The van der Waals surface area contributed by atoms with Gasteiger partial charge < -0.3 is 14.7 Å². The molecule has 0 spiro atoms. The summed E-state index contributed by atoms with van der Waals surface area (Å²) in [5.41, 5.74) is 1.52. The zero-order chi connectivity index (χ0) is 17.3. The number of amides is 1. The highest BCUT2D eigenvalue weighted by molar-refractivity contribution is 6.33. The van der Waals surface area contributed by atoms with Gasteiger partial charge in [0.05, 0.1) is 23.7 Å². The largest absolute Gasteiger partial charge is 0.479 e. The molecule has 0 unspecified atom stereocenters. The van der Waals surface area contributed by atoms with E-state index in [-0.39, 0.29) is 19.1 Å². The second kappa shape index (κ2) is 6.62. The first kappa shape index (κ1) is 16.5. The highest BCUT2D eigenvalue weighted by Gasteiger charge is 2.31. The summed E-state index contributed by atoms with van der Waals surface area (Å²) in [6.45, 7) is 0.523. The molecule has 1 fully saturated rings. The van der Waals surface area contributed by atoms with E-state index >= 15 is 0 Å². The Hall–Kier alpha value is -2.38. The molecule has 2 aromatic rings. The molecule has 7 nitrogen and oxygen atoms in total. The van der Waals surface area contributed by atoms with Crippen molar-refractivity contribution in [3.63, 3.8) is 0 Å². The minimum Gasteiger partial charge on any atom is -0.479 e. The summed E-state index contributed by atoms with van der Waals surface area (Å²) in [7, 11) is 1.72. The van der Waals surface area contributed by atoms with E-state index in [4.69, 9.17) is 21.4 Å². The molecule has 3 rings (SSSR count). The van der Waals surface area contributed by atoms with E-state index in [0.717, 1.165) is 0 Å². The van der Waals surface area contributed by atoms with E-state index in [9.17, 15) is 9.59 Å². The lowest BCUT2D eigenvalue weighted by molar-refractivity contribution is -0.154. The monoisotopic (exact) mass is 349 g/mol. The molecule has 0 aliphatic carbocycles. The Bertz CT molecular complexity index is 789. The molecule has 1 aromatic carbocycles. The number of nitrogens with zero attached hydrogens (tertiary/aromatic N) is 3. The molecule has 0 radical (unpaired) electrons. The Labute approximate surface area is 143 Å². The summed E-state index contributed by atoms with van der Waals surface area (Å²) in [6.07, 6.45) is 0.606. The van der Waals surface area contributed by atoms with Gasteiger partial charge in [-0.2, -0.15) is 5.10 Å². The SMILES string of the molecule is Cn1cc(C(=O)N2CCO[C@@H](C(=O)O)C2)c(-c2ccccc2Cl)n1. The maximum absolute atomic E-state index is 12.9. The number of aliphatic carboxylic acids is 1. The van der Waals surface area contributed by atoms with Crippen LogP contribution in [0.3, 0.4) is 0 Å². The van der Waals surface area contributed by atoms with Crippen LogP contribution in [0.5, 0.6) is 0 Å². The number of benzene rings is 1. The average Bonchev–Trinajstić information content (AvgIpc) is 2.96. The third-order valence-electron chi connectivity index (χ3n) is 3.82. The van der Waals surface area contributed by atoms with Crippen molar-refractivity contribution >= 4 is 23.5 Å². The summed E-state index contributed by atoms with van der Waals surface area (Å²) >= 11 is 6.22. The van der Waals surface area contributed by atoms with Crippen LogP contribution in [0.2, 0.25) is 5.02 Å². The lowest BCUT2D eigenvalue weighted by Gasteiger charge is -2.30. The Morgan fingerprint density at radius 1 is 1.38 bits per heavy atom. The third kappa shape index (κ3) is 3.13. The molecular weight excluding hydrogens is 334 g/mol. The molecule has 1 N–H and O–H groups in total. The quantitative estimate of drug-likeness (QED) is 0.911. The number of morpholine rings is 1. The van der Waals surface area contributed by atoms with Crippen molar-refractivity contribution in [1.29, 1.82) is 0 Å². The number of rotatable bonds is 3. The fourth-order valence-electron chi connectivity index (χ4n) is 2.65. The number of hydrogen-bond acceptors (Lipinski definition) is 4. The Kier molecular flexibility index (Phi) is 4.55. The predicted octanol–water partition coefficient (Wildman–Crippen LogP) is 1.67. The van der Waals surface area contributed by atoms with Gasteiger partial charge in [-0.1, -0.05) is 29.8 Å². The van der Waals surface area contributed by atoms with Crippen LogP contribution >= 0.6 is 11.6 Å². The first-order chi connectivity index (χ1) is 11.5. The lowest BCUT2D eigenvalue weighted by Crippen LogP contribution is -2.48. The van der Waals surface area contributed by atoms with Crippen molar-refractivity contribution in [2.75, 3.05) is 19.7 Å². The summed E-state index contributed by atoms with van der Waals surface area (Å²) in [5, 5.41) is 13.9. The fourth-order valence-corrected chi connectivity index (χ4v) is 2.88. The van der Waals surface area contributed by atoms with E-state index in [1.807, 2.05) is 6.07 Å².